The van der Waals surface area contributed by atoms with Gasteiger partial charge in [-0.15, -0.1) is 10.2 Å². The second-order valence-corrected chi connectivity index (χ2v) is 6.32. The molecule has 4 rings (SSSR count). The molecule has 0 aliphatic rings. The lowest BCUT2D eigenvalue weighted by molar-refractivity contribution is 0.297. The molecule has 140 valence electrons. The molecule has 1 N–H and O–H groups in total. The topological polar surface area (TPSA) is 91.7 Å². The molecule has 0 spiro atoms. The molecule has 0 fully saturated rings. The number of hydrogen-bond donors (Lipinski definition) is 1. The summed E-state index contributed by atoms with van der Waals surface area (Å²) < 4.78 is 5.87. The average molecular weight is 373 g/mol. The van der Waals surface area contributed by atoms with Gasteiger partial charge in [-0.3, -0.25) is 0 Å². The smallest absolute Gasteiger partial charge is 0.274 e. The van der Waals surface area contributed by atoms with Crippen LogP contribution in [0.15, 0.2) is 71.2 Å². The fourth-order valence-corrected chi connectivity index (χ4v) is 2.59. The van der Waals surface area contributed by atoms with E-state index in [2.05, 4.69) is 30.2 Å². The predicted molar refractivity (Wildman–Crippen MR) is 107 cm³/mol. The minimum Gasteiger partial charge on any atom is -0.471 e. The summed E-state index contributed by atoms with van der Waals surface area (Å²) in [6.07, 6.45) is 1.55. The van der Waals surface area contributed by atoms with Crippen LogP contribution in [0.1, 0.15) is 5.56 Å². The second-order valence-electron chi connectivity index (χ2n) is 6.32. The molecular formula is C20H19N7O. The van der Waals surface area contributed by atoms with Gasteiger partial charge >= 0.3 is 0 Å². The zero-order valence-corrected chi connectivity index (χ0v) is 15.6. The van der Waals surface area contributed by atoms with Crippen LogP contribution in [0.5, 0.6) is 5.88 Å². The first-order valence-electron chi connectivity index (χ1n) is 8.76. The molecule has 2 aromatic carbocycles. The summed E-state index contributed by atoms with van der Waals surface area (Å²) in [6.45, 7) is 0.383. The second kappa shape index (κ2) is 7.83. The molecular weight excluding hydrogens is 354 g/mol. The Morgan fingerprint density at radius 1 is 0.964 bits per heavy atom. The molecule has 0 atom stereocenters. The van der Waals surface area contributed by atoms with Crippen molar-refractivity contribution < 1.29 is 4.74 Å². The van der Waals surface area contributed by atoms with Crippen molar-refractivity contribution in [3.05, 3.63) is 66.5 Å². The van der Waals surface area contributed by atoms with Gasteiger partial charge in [-0.2, -0.15) is 9.97 Å². The van der Waals surface area contributed by atoms with E-state index in [0.717, 1.165) is 11.3 Å². The van der Waals surface area contributed by atoms with Gasteiger partial charge in [-0.25, -0.2) is 4.98 Å². The maximum atomic E-state index is 5.87. The summed E-state index contributed by atoms with van der Waals surface area (Å²) in [5.41, 5.74) is 3.95. The fourth-order valence-electron chi connectivity index (χ4n) is 2.59. The van der Waals surface area contributed by atoms with Gasteiger partial charge in [0.05, 0.1) is 12.0 Å². The Labute approximate surface area is 162 Å². The number of aromatic amines is 1. The molecule has 0 saturated heterocycles. The Kier molecular flexibility index (Phi) is 4.92. The summed E-state index contributed by atoms with van der Waals surface area (Å²) in [5, 5.41) is 8.37. The summed E-state index contributed by atoms with van der Waals surface area (Å²) in [4.78, 5) is 17.9. The van der Waals surface area contributed by atoms with Gasteiger partial charge in [-0.05, 0) is 29.8 Å². The lowest BCUT2D eigenvalue weighted by atomic mass is 10.2. The molecule has 0 unspecified atom stereocenters. The largest absolute Gasteiger partial charge is 0.471 e. The zero-order valence-electron chi connectivity index (χ0n) is 15.6. The van der Waals surface area contributed by atoms with Crippen LogP contribution in [-0.4, -0.2) is 34.0 Å². The average Bonchev–Trinajstić information content (AvgIpc) is 3.20. The van der Waals surface area contributed by atoms with E-state index in [1.165, 1.54) is 0 Å². The number of H-pyrrole nitrogens is 1. The first kappa shape index (κ1) is 17.6. The van der Waals surface area contributed by atoms with Crippen LogP contribution in [0, 0.1) is 0 Å². The van der Waals surface area contributed by atoms with Gasteiger partial charge in [0.25, 0.3) is 5.95 Å². The van der Waals surface area contributed by atoms with Crippen molar-refractivity contribution in [2.75, 3.05) is 19.0 Å². The van der Waals surface area contributed by atoms with E-state index in [1.54, 1.807) is 6.33 Å². The van der Waals surface area contributed by atoms with Crippen molar-refractivity contribution in [1.29, 1.82) is 0 Å². The number of benzene rings is 2. The molecule has 8 heteroatoms. The van der Waals surface area contributed by atoms with E-state index in [-0.39, 0.29) is 5.95 Å². The highest BCUT2D eigenvalue weighted by Crippen LogP contribution is 2.25. The summed E-state index contributed by atoms with van der Waals surface area (Å²) in [7, 11) is 3.97. The molecule has 0 aliphatic heterocycles. The summed E-state index contributed by atoms with van der Waals surface area (Å²) in [6, 6.07) is 17.6. The van der Waals surface area contributed by atoms with Gasteiger partial charge in [0.2, 0.25) is 5.88 Å². The van der Waals surface area contributed by atoms with Crippen LogP contribution in [0.2, 0.25) is 0 Å². The molecule has 28 heavy (non-hydrogen) atoms. The minimum absolute atomic E-state index is 0.194. The Hall–Kier alpha value is -3.81. The first-order chi connectivity index (χ1) is 13.7. The van der Waals surface area contributed by atoms with Gasteiger partial charge in [0.1, 0.15) is 12.1 Å². The molecule has 2 heterocycles. The number of nitrogens with one attached hydrogen (secondary N) is 1. The number of azo groups is 1. The van der Waals surface area contributed by atoms with E-state index >= 15 is 0 Å². The number of anilines is 1. The first-order valence-corrected chi connectivity index (χ1v) is 8.76. The standard InChI is InChI=1S/C20H19N7O/c1-27(2)16-10-8-15(9-11-16)25-26-20-23-18-17(21-13-22-18)19(24-20)28-12-14-6-4-3-5-7-14/h3-11,13H,12H2,1-2H3,(H,21,22,23,24). The van der Waals surface area contributed by atoms with E-state index in [9.17, 15) is 0 Å². The van der Waals surface area contributed by atoms with E-state index in [0.29, 0.717) is 29.3 Å². The van der Waals surface area contributed by atoms with Gasteiger partial charge in [0.15, 0.2) is 5.65 Å². The van der Waals surface area contributed by atoms with Gasteiger partial charge in [0, 0.05) is 19.8 Å². The van der Waals surface area contributed by atoms with Crippen LogP contribution in [0.4, 0.5) is 17.3 Å². The molecule has 4 aromatic rings. The third kappa shape index (κ3) is 3.96. The number of fused-ring (bicyclic) bond motifs is 1. The summed E-state index contributed by atoms with van der Waals surface area (Å²) in [5.74, 6) is 0.586. The Bertz CT molecular complexity index is 1090. The monoisotopic (exact) mass is 373 g/mol. The number of aromatic nitrogens is 4. The zero-order chi connectivity index (χ0) is 19.3. The molecule has 0 amide bonds. The normalized spacial score (nSPS) is 11.2. The van der Waals surface area contributed by atoms with Crippen LogP contribution in [-0.2, 0) is 6.61 Å². The number of nitrogens with zero attached hydrogens (tertiary/aromatic N) is 6. The predicted octanol–water partition coefficient (Wildman–Crippen LogP) is 4.41. The number of hydrogen-bond acceptors (Lipinski definition) is 7. The van der Waals surface area contributed by atoms with Crippen LogP contribution < -0.4 is 9.64 Å². The maximum absolute atomic E-state index is 5.87. The maximum Gasteiger partial charge on any atom is 0.274 e. The van der Waals surface area contributed by atoms with E-state index < -0.39 is 0 Å². The lowest BCUT2D eigenvalue weighted by Gasteiger charge is -2.11. The molecule has 2 aromatic heterocycles. The SMILES string of the molecule is CN(C)c1ccc(N=Nc2nc(OCc3ccccc3)c3[nH]cnc3n2)cc1. The van der Waals surface area contributed by atoms with Crippen molar-refractivity contribution >= 4 is 28.5 Å². The number of rotatable bonds is 6. The highest BCUT2D eigenvalue weighted by Gasteiger charge is 2.11. The van der Waals surface area contributed by atoms with Crippen molar-refractivity contribution in [2.24, 2.45) is 10.2 Å². The number of imidazole rings is 1. The molecule has 8 nitrogen and oxygen atoms in total. The summed E-state index contributed by atoms with van der Waals surface area (Å²) >= 11 is 0. The van der Waals surface area contributed by atoms with E-state index in [1.807, 2.05) is 73.6 Å². The Morgan fingerprint density at radius 3 is 2.50 bits per heavy atom. The third-order valence-corrected chi connectivity index (χ3v) is 4.08. The highest BCUT2D eigenvalue weighted by atomic mass is 16.5. The van der Waals surface area contributed by atoms with Crippen molar-refractivity contribution in [3.63, 3.8) is 0 Å². The quantitative estimate of drug-likeness (QED) is 0.505. The van der Waals surface area contributed by atoms with E-state index in [4.69, 9.17) is 4.74 Å². The van der Waals surface area contributed by atoms with Crippen LogP contribution in [0.3, 0.4) is 0 Å². The highest BCUT2D eigenvalue weighted by molar-refractivity contribution is 5.76. The van der Waals surface area contributed by atoms with Crippen molar-refractivity contribution in [1.82, 2.24) is 19.9 Å². The minimum atomic E-state index is 0.194. The van der Waals surface area contributed by atoms with Crippen LogP contribution in [0.25, 0.3) is 11.2 Å². The van der Waals surface area contributed by atoms with Crippen LogP contribution >= 0.6 is 0 Å². The molecule has 0 saturated carbocycles. The van der Waals surface area contributed by atoms with Gasteiger partial charge in [-0.1, -0.05) is 30.3 Å². The van der Waals surface area contributed by atoms with Crippen molar-refractivity contribution in [3.8, 4) is 5.88 Å². The fraction of sp³-hybridized carbons (Fsp3) is 0.150. The third-order valence-electron chi connectivity index (χ3n) is 4.08. The van der Waals surface area contributed by atoms with Crippen molar-refractivity contribution in [2.45, 2.75) is 6.61 Å². The molecule has 0 bridgehead atoms. The number of ether oxygens (including phenoxy) is 1. The lowest BCUT2D eigenvalue weighted by Crippen LogP contribution is -2.07. The Morgan fingerprint density at radius 2 is 1.75 bits per heavy atom. The molecule has 0 radical (unpaired) electrons. The molecule has 0 aliphatic carbocycles. The Balaban J connectivity index is 1.57. The van der Waals surface area contributed by atoms with Gasteiger partial charge < -0.3 is 14.6 Å².